The fourth-order valence-corrected chi connectivity index (χ4v) is 7.09. The first kappa shape index (κ1) is 25.2. The molecule has 0 radical (unpaired) electrons. The molecule has 3 nitrogen and oxygen atoms in total. The van der Waals surface area contributed by atoms with Crippen LogP contribution in [0.3, 0.4) is 0 Å². The SMILES string of the molecule is c1cc(-c2ccc3nc(-c4ccc5ccc6cccc7ccc4c5c67)ccc3c2)nc(-c2ccc3cc4ccccc4cc3n2)c1. The van der Waals surface area contributed by atoms with Crippen molar-refractivity contribution in [1.82, 2.24) is 15.0 Å². The van der Waals surface area contributed by atoms with Crippen LogP contribution in [-0.4, -0.2) is 15.0 Å². The van der Waals surface area contributed by atoms with Gasteiger partial charge in [-0.05, 0) is 91.6 Å². The van der Waals surface area contributed by atoms with E-state index in [9.17, 15) is 0 Å². The maximum Gasteiger partial charge on any atom is 0.0894 e. The van der Waals surface area contributed by atoms with Gasteiger partial charge in [0.1, 0.15) is 0 Å². The average Bonchev–Trinajstić information content (AvgIpc) is 3.12. The zero-order valence-corrected chi connectivity index (χ0v) is 24.8. The number of pyridine rings is 3. The molecule has 0 fully saturated rings. The standard InChI is InChI=1S/C43H25N3/c1-2-6-30-25-41-33(23-29(30)5-1)17-22-40(46-41)39-10-4-9-36(45-39)31-15-20-37-32(24-31)16-21-38(44-37)34-18-13-28-12-11-26-7-3-8-27-14-19-35(34)43(28)42(26)27/h1-25H. The molecule has 0 aliphatic rings. The Morgan fingerprint density at radius 2 is 0.913 bits per heavy atom. The van der Waals surface area contributed by atoms with Crippen molar-refractivity contribution >= 4 is 64.9 Å². The second-order valence-corrected chi connectivity index (χ2v) is 12.1. The predicted molar refractivity (Wildman–Crippen MR) is 192 cm³/mol. The minimum atomic E-state index is 0.857. The van der Waals surface area contributed by atoms with Crippen molar-refractivity contribution < 1.29 is 0 Å². The lowest BCUT2D eigenvalue weighted by molar-refractivity contribution is 1.28. The van der Waals surface area contributed by atoms with E-state index in [1.54, 1.807) is 0 Å². The molecule has 3 heterocycles. The number of aromatic nitrogens is 3. The van der Waals surface area contributed by atoms with Gasteiger partial charge in [-0.25, -0.2) is 15.0 Å². The van der Waals surface area contributed by atoms with Gasteiger partial charge in [-0.3, -0.25) is 0 Å². The van der Waals surface area contributed by atoms with Crippen LogP contribution in [0, 0.1) is 0 Å². The normalized spacial score (nSPS) is 11.9. The first-order chi connectivity index (χ1) is 22.7. The third kappa shape index (κ3) is 3.89. The summed E-state index contributed by atoms with van der Waals surface area (Å²) in [6, 6.07) is 53.8. The van der Waals surface area contributed by atoms with E-state index in [0.29, 0.717) is 0 Å². The number of hydrogen-bond donors (Lipinski definition) is 0. The van der Waals surface area contributed by atoms with Gasteiger partial charge in [0.25, 0.3) is 0 Å². The first-order valence-corrected chi connectivity index (χ1v) is 15.6. The molecule has 0 amide bonds. The highest BCUT2D eigenvalue weighted by Gasteiger charge is 2.14. The fraction of sp³-hybridized carbons (Fsp3) is 0. The van der Waals surface area contributed by atoms with E-state index >= 15 is 0 Å². The second-order valence-electron chi connectivity index (χ2n) is 12.1. The molecule has 7 aromatic carbocycles. The Balaban J connectivity index is 1.03. The molecular formula is C43H25N3. The van der Waals surface area contributed by atoms with Crippen molar-refractivity contribution in [2.75, 3.05) is 0 Å². The zero-order valence-electron chi connectivity index (χ0n) is 24.8. The number of hydrogen-bond acceptors (Lipinski definition) is 3. The lowest BCUT2D eigenvalue weighted by atomic mass is 9.91. The molecule has 3 heteroatoms. The number of fused-ring (bicyclic) bond motifs is 3. The molecule has 0 bridgehead atoms. The third-order valence-corrected chi connectivity index (χ3v) is 9.36. The predicted octanol–water partition coefficient (Wildman–Crippen LogP) is 11.2. The largest absolute Gasteiger partial charge is 0.248 e. The summed E-state index contributed by atoms with van der Waals surface area (Å²) in [6.07, 6.45) is 0. The van der Waals surface area contributed by atoms with Gasteiger partial charge >= 0.3 is 0 Å². The van der Waals surface area contributed by atoms with Crippen molar-refractivity contribution in [2.45, 2.75) is 0 Å². The van der Waals surface area contributed by atoms with Crippen molar-refractivity contribution in [1.29, 1.82) is 0 Å². The Kier molecular flexibility index (Phi) is 5.28. The van der Waals surface area contributed by atoms with Gasteiger partial charge in [0.05, 0.1) is 33.8 Å². The Morgan fingerprint density at radius 1 is 0.304 bits per heavy atom. The molecule has 212 valence electrons. The minimum Gasteiger partial charge on any atom is -0.248 e. The van der Waals surface area contributed by atoms with E-state index in [2.05, 4.69) is 146 Å². The Morgan fingerprint density at radius 3 is 1.78 bits per heavy atom. The van der Waals surface area contributed by atoms with Crippen LogP contribution >= 0.6 is 0 Å². The summed E-state index contributed by atoms with van der Waals surface area (Å²) in [6.45, 7) is 0. The molecule has 10 aromatic rings. The van der Waals surface area contributed by atoms with Crippen molar-refractivity contribution in [3.63, 3.8) is 0 Å². The van der Waals surface area contributed by atoms with Crippen molar-refractivity contribution in [3.05, 3.63) is 152 Å². The Bertz CT molecular complexity index is 2800. The fourth-order valence-electron chi connectivity index (χ4n) is 7.09. The molecule has 0 unspecified atom stereocenters. The average molecular weight is 584 g/mol. The molecule has 3 aromatic heterocycles. The van der Waals surface area contributed by atoms with Gasteiger partial charge in [-0.2, -0.15) is 0 Å². The van der Waals surface area contributed by atoms with Crippen LogP contribution in [0.25, 0.3) is 98.8 Å². The lowest BCUT2D eigenvalue weighted by Gasteiger charge is -2.14. The molecule has 10 rings (SSSR count). The monoisotopic (exact) mass is 583 g/mol. The molecule has 0 aliphatic heterocycles. The summed E-state index contributed by atoms with van der Waals surface area (Å²) < 4.78 is 0. The maximum absolute atomic E-state index is 5.15. The number of benzene rings is 7. The first-order valence-electron chi connectivity index (χ1n) is 15.6. The highest BCUT2D eigenvalue weighted by molar-refractivity contribution is 6.25. The van der Waals surface area contributed by atoms with Crippen LogP contribution in [0.1, 0.15) is 0 Å². The van der Waals surface area contributed by atoms with Gasteiger partial charge in [0.15, 0.2) is 0 Å². The quantitative estimate of drug-likeness (QED) is 0.153. The molecule has 0 spiro atoms. The van der Waals surface area contributed by atoms with Gasteiger partial charge in [-0.15, -0.1) is 0 Å². The summed E-state index contributed by atoms with van der Waals surface area (Å²) in [7, 11) is 0. The summed E-state index contributed by atoms with van der Waals surface area (Å²) >= 11 is 0. The van der Waals surface area contributed by atoms with E-state index in [-0.39, 0.29) is 0 Å². The van der Waals surface area contributed by atoms with E-state index < -0.39 is 0 Å². The highest BCUT2D eigenvalue weighted by Crippen LogP contribution is 2.39. The summed E-state index contributed by atoms with van der Waals surface area (Å²) in [5, 5.41) is 12.3. The van der Waals surface area contributed by atoms with Crippen molar-refractivity contribution in [2.24, 2.45) is 0 Å². The van der Waals surface area contributed by atoms with Crippen LogP contribution < -0.4 is 0 Å². The molecule has 0 saturated heterocycles. The van der Waals surface area contributed by atoms with Gasteiger partial charge in [0.2, 0.25) is 0 Å². The molecule has 46 heavy (non-hydrogen) atoms. The third-order valence-electron chi connectivity index (χ3n) is 9.36. The topological polar surface area (TPSA) is 38.7 Å². The van der Waals surface area contributed by atoms with Crippen LogP contribution in [0.4, 0.5) is 0 Å². The van der Waals surface area contributed by atoms with Gasteiger partial charge < -0.3 is 0 Å². The summed E-state index contributed by atoms with van der Waals surface area (Å²) in [4.78, 5) is 15.2. The molecule has 0 saturated carbocycles. The van der Waals surface area contributed by atoms with E-state index in [0.717, 1.165) is 55.7 Å². The molecule has 0 aliphatic carbocycles. The van der Waals surface area contributed by atoms with Gasteiger partial charge in [-0.1, -0.05) is 103 Å². The maximum atomic E-state index is 5.15. The number of rotatable bonds is 3. The lowest BCUT2D eigenvalue weighted by Crippen LogP contribution is -1.92. The summed E-state index contributed by atoms with van der Waals surface area (Å²) in [5.74, 6) is 0. The zero-order chi connectivity index (χ0) is 30.2. The van der Waals surface area contributed by atoms with Crippen LogP contribution in [-0.2, 0) is 0 Å². The van der Waals surface area contributed by atoms with E-state index in [1.807, 2.05) is 6.07 Å². The minimum absolute atomic E-state index is 0.857. The smallest absolute Gasteiger partial charge is 0.0894 e. The second kappa shape index (κ2) is 9.65. The van der Waals surface area contributed by atoms with E-state index in [4.69, 9.17) is 15.0 Å². The molecule has 0 atom stereocenters. The Hall–Kier alpha value is -6.19. The van der Waals surface area contributed by atoms with Crippen LogP contribution in [0.15, 0.2) is 152 Å². The highest BCUT2D eigenvalue weighted by atomic mass is 14.8. The summed E-state index contributed by atoms with van der Waals surface area (Å²) in [5.41, 5.74) is 7.76. The van der Waals surface area contributed by atoms with Crippen LogP contribution in [0.2, 0.25) is 0 Å². The van der Waals surface area contributed by atoms with E-state index in [1.165, 1.54) is 43.1 Å². The molecular weight excluding hydrogens is 558 g/mol. The van der Waals surface area contributed by atoms with Gasteiger partial charge in [0, 0.05) is 21.9 Å². The molecule has 0 N–H and O–H groups in total. The van der Waals surface area contributed by atoms with Crippen molar-refractivity contribution in [3.8, 4) is 33.9 Å². The number of nitrogens with zero attached hydrogens (tertiary/aromatic N) is 3. The Labute approximate surface area is 264 Å². The van der Waals surface area contributed by atoms with Crippen LogP contribution in [0.5, 0.6) is 0 Å².